The Bertz CT molecular complexity index is 3900. The molecular formula is C84H100BrCl3F15N5O3S. The zero-order valence-electron chi connectivity index (χ0n) is 59.4. The third-order valence-corrected chi connectivity index (χ3v) is 19.8. The maximum Gasteiger partial charge on any atom is 0.417 e. The van der Waals surface area contributed by atoms with Crippen molar-refractivity contribution < 1.29 is 80.0 Å². The fraction of sp³-hybridized carbons (Fsp3) is 0.417. The molecule has 8 aromatic rings. The van der Waals surface area contributed by atoms with Gasteiger partial charge in [0.05, 0.1) is 33.4 Å². The normalized spacial score (nSPS) is 16.6. The van der Waals surface area contributed by atoms with Crippen LogP contribution in [0.2, 0.25) is 0 Å². The Morgan fingerprint density at radius 2 is 0.643 bits per heavy atom. The molecule has 8 aromatic carbocycles. The second-order valence-corrected chi connectivity index (χ2v) is 30.0. The van der Waals surface area contributed by atoms with Gasteiger partial charge in [0.1, 0.15) is 5.78 Å². The molecule has 0 spiro atoms. The van der Waals surface area contributed by atoms with E-state index >= 15 is 0 Å². The summed E-state index contributed by atoms with van der Waals surface area (Å²) in [6, 6.07) is 59.1. The van der Waals surface area contributed by atoms with Gasteiger partial charge in [-0.3, -0.25) is 19.5 Å². The zero-order chi connectivity index (χ0) is 78.6. The number of nitrogens with one attached hydrogen (secondary N) is 2. The van der Waals surface area contributed by atoms with Crippen molar-refractivity contribution in [1.29, 1.82) is 0 Å². The third kappa shape index (κ3) is 33.5. The predicted molar refractivity (Wildman–Crippen MR) is 426 cm³/mol. The predicted octanol–water partition coefficient (Wildman–Crippen LogP) is 24.3. The van der Waals surface area contributed by atoms with Crippen molar-refractivity contribution in [2.24, 2.45) is 0 Å². The number of hydrogen-bond donors (Lipinski definition) is 3. The SMILES string of the molecule is C.C.C.Cl.FC(F)(F)c1ccccc1Br.FC(F)(F)c1ccccc1C1CCN(Cc2ccccc2)CC1.FC(F)(F)c1ccccc1C1CCNCC1.FC(F)(F)c1ccccc1C1CCNCC1.O=C1CCN(Cc2ccccc2)CC1.O=S(Cl)Cl.OC1(c2ccccc2C(F)(F)F)CCN(Cc2ccccc2)CC1. The van der Waals surface area contributed by atoms with E-state index in [0.717, 1.165) is 135 Å². The Morgan fingerprint density at radius 1 is 0.384 bits per heavy atom. The summed E-state index contributed by atoms with van der Waals surface area (Å²) in [4.78, 5) is 17.9. The van der Waals surface area contributed by atoms with E-state index in [-0.39, 0.29) is 62.5 Å². The first kappa shape index (κ1) is 99.8. The summed E-state index contributed by atoms with van der Waals surface area (Å²) in [5.74, 6) is 0.493. The molecule has 8 nitrogen and oxygen atoms in total. The van der Waals surface area contributed by atoms with Crippen LogP contribution in [0.4, 0.5) is 65.9 Å². The van der Waals surface area contributed by atoms with Crippen LogP contribution in [0, 0.1) is 0 Å². The van der Waals surface area contributed by atoms with Crippen LogP contribution < -0.4 is 10.6 Å². The minimum Gasteiger partial charge on any atom is -0.385 e. The fourth-order valence-electron chi connectivity index (χ4n) is 13.7. The van der Waals surface area contributed by atoms with Crippen LogP contribution in [0.3, 0.4) is 0 Å². The quantitative estimate of drug-likeness (QED) is 0.0922. The van der Waals surface area contributed by atoms with Gasteiger partial charge in [-0.15, -0.1) is 12.4 Å². The van der Waals surface area contributed by atoms with E-state index in [1.165, 1.54) is 77.4 Å². The van der Waals surface area contributed by atoms with Crippen LogP contribution in [0.15, 0.2) is 217 Å². The number of rotatable bonds is 10. The standard InChI is InChI=1S/C19H20F3NO.C19H20F3N.2C12H14F3N.C12H15NO.C7H4BrF3.3CH4.Cl2OS.ClH/c20-19(21,22)17-9-5-4-8-16(17)18(24)10-12-23(13-11-18)14-15-6-2-1-3-7-15;20-19(21,22)18-9-5-4-8-17(18)16-10-12-23(13-11-16)14-15-6-2-1-3-7-15;2*13-12(14,15)11-4-2-1-3-10(11)9-5-7-16-8-6-9;14-12-6-8-13(9-7-12)10-11-4-2-1-3-5-11;8-6-4-2-1-3-5(6)7(9,10)11;;;;1-4(2)3;/h1-9,24H,10-14H2;1-9,16H,10-14H2;2*1-4,9,16H,5-8H2;1-5H,6-10H2;1-4H;3*1H4;;1H. The van der Waals surface area contributed by atoms with Crippen LogP contribution in [0.5, 0.6) is 0 Å². The lowest BCUT2D eigenvalue weighted by atomic mass is 9.81. The number of nitrogens with zero attached hydrogens (tertiary/aromatic N) is 3. The molecule has 0 aliphatic carbocycles. The lowest BCUT2D eigenvalue weighted by Crippen LogP contribution is -2.43. The molecule has 0 saturated carbocycles. The molecular weight excluding hydrogens is 1630 g/mol. The average Bonchev–Trinajstić information content (AvgIpc) is 0.777. The van der Waals surface area contributed by atoms with Gasteiger partial charge in [0.15, 0.2) is 0 Å². The Kier molecular flexibility index (Phi) is 43.0. The smallest absolute Gasteiger partial charge is 0.385 e. The first-order valence-corrected chi connectivity index (χ1v) is 38.9. The van der Waals surface area contributed by atoms with E-state index in [2.05, 4.69) is 99.0 Å². The van der Waals surface area contributed by atoms with Gasteiger partial charge in [-0.1, -0.05) is 214 Å². The molecule has 28 heteroatoms. The average molecular weight is 1730 g/mol. The Hall–Kier alpha value is -6.36. The number of piperidine rings is 5. The van der Waals surface area contributed by atoms with Gasteiger partial charge < -0.3 is 15.7 Å². The first-order valence-electron chi connectivity index (χ1n) is 35.3. The molecule has 5 fully saturated rings. The minimum atomic E-state index is -4.45. The molecule has 5 aliphatic rings. The van der Waals surface area contributed by atoms with Crippen LogP contribution in [0.1, 0.15) is 171 Å². The minimum absolute atomic E-state index is 0. The fourth-order valence-corrected chi connectivity index (χ4v) is 14.2. The number of hydrogen-bond acceptors (Lipinski definition) is 8. The molecule has 0 aromatic heterocycles. The number of alkyl halides is 15. The van der Waals surface area contributed by atoms with E-state index in [9.17, 15) is 75.8 Å². The maximum absolute atomic E-state index is 13.2. The van der Waals surface area contributed by atoms with E-state index < -0.39 is 73.5 Å². The summed E-state index contributed by atoms with van der Waals surface area (Å²) in [6.45, 7) is 10.5. The number of likely N-dealkylation sites (tertiary alicyclic amines) is 3. The van der Waals surface area contributed by atoms with Crippen molar-refractivity contribution in [2.45, 2.75) is 160 Å². The zero-order valence-corrected chi connectivity index (χ0v) is 64.2. The van der Waals surface area contributed by atoms with Crippen LogP contribution in [-0.4, -0.2) is 95.2 Å². The second kappa shape index (κ2) is 48.2. The Morgan fingerprint density at radius 3 is 0.955 bits per heavy atom. The van der Waals surface area contributed by atoms with Crippen LogP contribution in [0.25, 0.3) is 0 Å². The number of ketones is 1. The van der Waals surface area contributed by atoms with Crippen molar-refractivity contribution in [3.8, 4) is 0 Å². The first-order chi connectivity index (χ1) is 51.2. The Labute approximate surface area is 675 Å². The molecule has 618 valence electrons. The molecule has 0 bridgehead atoms. The molecule has 0 unspecified atom stereocenters. The molecule has 112 heavy (non-hydrogen) atoms. The van der Waals surface area contributed by atoms with E-state index in [1.807, 2.05) is 54.6 Å². The summed E-state index contributed by atoms with van der Waals surface area (Å²) < 4.78 is 201. The van der Waals surface area contributed by atoms with Gasteiger partial charge in [0.25, 0.3) is 0 Å². The number of Topliss-reactive ketones (excluding diaryl/α,β-unsaturated/α-hetero) is 1. The van der Waals surface area contributed by atoms with Gasteiger partial charge in [-0.2, -0.15) is 65.9 Å². The summed E-state index contributed by atoms with van der Waals surface area (Å²) in [5, 5.41) is 17.2. The van der Waals surface area contributed by atoms with Crippen LogP contribution >= 0.6 is 49.7 Å². The number of carbonyl (C=O) groups excluding carboxylic acids is 1. The highest BCUT2D eigenvalue weighted by Gasteiger charge is 2.43. The maximum atomic E-state index is 13.2. The topological polar surface area (TPSA) is 88.2 Å². The number of aliphatic hydroxyl groups is 1. The largest absolute Gasteiger partial charge is 0.417 e. The van der Waals surface area contributed by atoms with E-state index in [0.29, 0.717) is 48.4 Å². The number of benzene rings is 8. The molecule has 5 heterocycles. The van der Waals surface area contributed by atoms with Crippen molar-refractivity contribution >= 4 is 64.7 Å². The number of halogens is 19. The summed E-state index contributed by atoms with van der Waals surface area (Å²) in [7, 11) is 7.36. The summed E-state index contributed by atoms with van der Waals surface area (Å²) in [5.41, 5.74) is 0.917. The van der Waals surface area contributed by atoms with Gasteiger partial charge in [-0.25, -0.2) is 4.21 Å². The van der Waals surface area contributed by atoms with E-state index in [1.54, 1.807) is 48.5 Å². The molecule has 13 rings (SSSR count). The van der Waals surface area contributed by atoms with Gasteiger partial charge >= 0.3 is 30.9 Å². The van der Waals surface area contributed by atoms with E-state index in [4.69, 9.17) is 4.21 Å². The lowest BCUT2D eigenvalue weighted by molar-refractivity contribution is -0.142. The Balaban J connectivity index is 0.000000348. The van der Waals surface area contributed by atoms with Gasteiger partial charge in [0, 0.05) is 84.5 Å². The molecule has 5 aliphatic heterocycles. The lowest BCUT2D eigenvalue weighted by Gasteiger charge is -2.39. The summed E-state index contributed by atoms with van der Waals surface area (Å²) >= 11 is 2.81. The highest BCUT2D eigenvalue weighted by Crippen LogP contribution is 2.44. The second-order valence-electron chi connectivity index (χ2n) is 26.6. The molecule has 3 N–H and O–H groups in total. The molecule has 0 amide bonds. The van der Waals surface area contributed by atoms with Crippen LogP contribution in [-0.2, 0) is 70.1 Å². The third-order valence-electron chi connectivity index (χ3n) is 19.1. The van der Waals surface area contributed by atoms with Crippen molar-refractivity contribution in [2.75, 3.05) is 65.4 Å². The van der Waals surface area contributed by atoms with Crippen molar-refractivity contribution in [1.82, 2.24) is 25.3 Å². The monoisotopic (exact) mass is 1730 g/mol. The molecule has 0 radical (unpaired) electrons. The van der Waals surface area contributed by atoms with Crippen molar-refractivity contribution in [3.05, 3.63) is 284 Å². The highest BCUT2D eigenvalue weighted by atomic mass is 79.9. The van der Waals surface area contributed by atoms with Gasteiger partial charge in [-0.05, 0) is 184 Å². The van der Waals surface area contributed by atoms with Crippen molar-refractivity contribution in [3.63, 3.8) is 0 Å². The summed E-state index contributed by atoms with van der Waals surface area (Å²) in [6.07, 6.45) is -14.7. The molecule has 0 atom stereocenters. The highest BCUT2D eigenvalue weighted by molar-refractivity contribution is 9.10. The molecule has 5 saturated heterocycles. The number of carbonyl (C=O) groups is 1. The van der Waals surface area contributed by atoms with Gasteiger partial charge in [0.2, 0.25) is 9.23 Å².